The molecular weight excluding hydrogens is 426 g/mol. The Bertz CT molecular complexity index is 1230. The first kappa shape index (κ1) is 22.2. The van der Waals surface area contributed by atoms with Gasteiger partial charge in [0.25, 0.3) is 11.5 Å². The van der Waals surface area contributed by atoms with Crippen molar-refractivity contribution in [2.75, 3.05) is 20.8 Å². The maximum atomic E-state index is 13.4. The molecule has 168 valence electrons. The van der Waals surface area contributed by atoms with Crippen LogP contribution in [0, 0.1) is 4.77 Å². The van der Waals surface area contributed by atoms with Gasteiger partial charge in [0.1, 0.15) is 5.75 Å². The van der Waals surface area contributed by atoms with Gasteiger partial charge in [-0.1, -0.05) is 12.1 Å². The molecule has 7 nitrogen and oxygen atoms in total. The number of carbonyl (C=O) groups is 1. The molecule has 1 fully saturated rings. The van der Waals surface area contributed by atoms with Crippen LogP contribution in [0.25, 0.3) is 10.9 Å². The third kappa shape index (κ3) is 4.76. The zero-order chi connectivity index (χ0) is 22.7. The number of carbonyl (C=O) groups excluding carboxylic acids is 1. The number of hydrogen-bond acceptors (Lipinski definition) is 5. The van der Waals surface area contributed by atoms with E-state index in [1.165, 1.54) is 0 Å². The summed E-state index contributed by atoms with van der Waals surface area (Å²) in [5.41, 5.74) is 2.01. The molecule has 1 aromatic heterocycles. The summed E-state index contributed by atoms with van der Waals surface area (Å²) in [7, 11) is 3.26. The average molecular weight is 454 g/mol. The number of nitrogens with one attached hydrogen (secondary N) is 1. The fraction of sp³-hybridized carbons (Fsp3) is 0.375. The lowest BCUT2D eigenvalue weighted by Crippen LogP contribution is -2.32. The van der Waals surface area contributed by atoms with E-state index in [4.69, 9.17) is 21.7 Å². The van der Waals surface area contributed by atoms with Crippen molar-refractivity contribution in [1.29, 1.82) is 0 Å². The van der Waals surface area contributed by atoms with Gasteiger partial charge in [0, 0.05) is 38.4 Å². The molecule has 1 aliphatic rings. The number of benzene rings is 2. The van der Waals surface area contributed by atoms with Crippen LogP contribution >= 0.6 is 12.2 Å². The number of aromatic amines is 1. The third-order valence-corrected chi connectivity index (χ3v) is 6.04. The van der Waals surface area contributed by atoms with Gasteiger partial charge in [-0.2, -0.15) is 0 Å². The maximum Gasteiger partial charge on any atom is 0.262 e. The minimum Gasteiger partial charge on any atom is -0.497 e. The van der Waals surface area contributed by atoms with Crippen molar-refractivity contribution < 1.29 is 14.3 Å². The van der Waals surface area contributed by atoms with Crippen LogP contribution in [0.15, 0.2) is 47.3 Å². The molecule has 2 aromatic carbocycles. The molecule has 0 aliphatic heterocycles. The number of amides is 1. The molecule has 0 spiro atoms. The van der Waals surface area contributed by atoms with Crippen LogP contribution < -0.4 is 10.3 Å². The first-order valence-electron chi connectivity index (χ1n) is 10.7. The van der Waals surface area contributed by atoms with E-state index >= 15 is 0 Å². The first-order chi connectivity index (χ1) is 15.5. The number of rotatable bonds is 9. The second-order valence-electron chi connectivity index (χ2n) is 8.01. The number of fused-ring (bicyclic) bond motifs is 1. The summed E-state index contributed by atoms with van der Waals surface area (Å²) in [6.07, 6.45) is 2.70. The van der Waals surface area contributed by atoms with Crippen LogP contribution in [-0.4, -0.2) is 47.2 Å². The van der Waals surface area contributed by atoms with E-state index < -0.39 is 0 Å². The van der Waals surface area contributed by atoms with Crippen molar-refractivity contribution >= 4 is 29.0 Å². The number of methoxy groups -OCH3 is 2. The molecule has 0 atom stereocenters. The van der Waals surface area contributed by atoms with E-state index in [0.29, 0.717) is 47.4 Å². The van der Waals surface area contributed by atoms with Gasteiger partial charge in [-0.15, -0.1) is 0 Å². The summed E-state index contributed by atoms with van der Waals surface area (Å²) in [6, 6.07) is 13.2. The van der Waals surface area contributed by atoms with Gasteiger partial charge < -0.3 is 19.4 Å². The molecule has 1 amide bonds. The SMILES string of the molecule is COCCCn1c(=S)[nH]c2cc(C(=O)N(Cc3ccc(OC)cc3)C3CC3)ccc2c1=O. The highest BCUT2D eigenvalue weighted by Crippen LogP contribution is 2.30. The molecule has 32 heavy (non-hydrogen) atoms. The van der Waals surface area contributed by atoms with Gasteiger partial charge in [-0.3, -0.25) is 14.2 Å². The quantitative estimate of drug-likeness (QED) is 0.393. The standard InChI is InChI=1S/C24H27N3O4S/c1-30-13-3-12-26-23(29)20-11-6-17(14-21(20)25-24(26)32)22(28)27(18-7-8-18)15-16-4-9-19(31-2)10-5-16/h4-6,9-11,14,18H,3,7-8,12-13,15H2,1-2H3,(H,25,32). The molecular formula is C24H27N3O4S. The van der Waals surface area contributed by atoms with Gasteiger partial charge in [0.2, 0.25) is 0 Å². The van der Waals surface area contributed by atoms with Crippen molar-refractivity contribution in [3.8, 4) is 5.75 Å². The normalized spacial score (nSPS) is 13.3. The Balaban J connectivity index is 1.61. The molecule has 1 aliphatic carbocycles. The molecule has 1 saturated carbocycles. The van der Waals surface area contributed by atoms with Gasteiger partial charge >= 0.3 is 0 Å². The van der Waals surface area contributed by atoms with Crippen LogP contribution in [0.4, 0.5) is 0 Å². The van der Waals surface area contributed by atoms with E-state index in [9.17, 15) is 9.59 Å². The Morgan fingerprint density at radius 3 is 2.59 bits per heavy atom. The topological polar surface area (TPSA) is 76.6 Å². The molecule has 0 saturated heterocycles. The number of nitrogens with zero attached hydrogens (tertiary/aromatic N) is 2. The lowest BCUT2D eigenvalue weighted by Gasteiger charge is -2.23. The molecule has 4 rings (SSSR count). The lowest BCUT2D eigenvalue weighted by atomic mass is 10.1. The third-order valence-electron chi connectivity index (χ3n) is 5.72. The highest BCUT2D eigenvalue weighted by molar-refractivity contribution is 7.71. The molecule has 8 heteroatoms. The zero-order valence-electron chi connectivity index (χ0n) is 18.3. The predicted octanol–water partition coefficient (Wildman–Crippen LogP) is 3.91. The van der Waals surface area contributed by atoms with Crippen LogP contribution in [0.2, 0.25) is 0 Å². The first-order valence-corrected chi connectivity index (χ1v) is 11.1. The summed E-state index contributed by atoms with van der Waals surface area (Å²) in [5, 5.41) is 0.515. The number of aromatic nitrogens is 2. The molecule has 3 aromatic rings. The summed E-state index contributed by atoms with van der Waals surface area (Å²) in [5.74, 6) is 0.740. The molecule has 0 unspecified atom stereocenters. The summed E-state index contributed by atoms with van der Waals surface area (Å²) < 4.78 is 12.2. The Kier molecular flexibility index (Phi) is 6.72. The number of ether oxygens (including phenoxy) is 2. The predicted molar refractivity (Wildman–Crippen MR) is 126 cm³/mol. The van der Waals surface area contributed by atoms with E-state index in [1.54, 1.807) is 37.0 Å². The van der Waals surface area contributed by atoms with Gasteiger partial charge in [-0.05, 0) is 67.4 Å². The highest BCUT2D eigenvalue weighted by Gasteiger charge is 2.33. The highest BCUT2D eigenvalue weighted by atomic mass is 32.1. The Hall–Kier alpha value is -2.97. The number of H-pyrrole nitrogens is 1. The van der Waals surface area contributed by atoms with Gasteiger partial charge in [-0.25, -0.2) is 0 Å². The van der Waals surface area contributed by atoms with Crippen molar-refractivity contribution in [1.82, 2.24) is 14.5 Å². The molecule has 1 N–H and O–H groups in total. The summed E-state index contributed by atoms with van der Waals surface area (Å²) in [6.45, 7) is 1.57. The maximum absolute atomic E-state index is 13.4. The van der Waals surface area contributed by atoms with Gasteiger partial charge in [0.05, 0.1) is 18.0 Å². The minimum absolute atomic E-state index is 0.0474. The monoisotopic (exact) mass is 453 g/mol. The van der Waals surface area contributed by atoms with Crippen LogP contribution in [0.3, 0.4) is 0 Å². The number of hydrogen-bond donors (Lipinski definition) is 1. The second kappa shape index (κ2) is 9.67. The summed E-state index contributed by atoms with van der Waals surface area (Å²) >= 11 is 5.40. The molecule has 0 radical (unpaired) electrons. The van der Waals surface area contributed by atoms with Gasteiger partial charge in [0.15, 0.2) is 4.77 Å². The zero-order valence-corrected chi connectivity index (χ0v) is 19.1. The summed E-state index contributed by atoms with van der Waals surface area (Å²) in [4.78, 5) is 31.3. The molecule has 0 bridgehead atoms. The van der Waals surface area contributed by atoms with Crippen LogP contribution in [0.5, 0.6) is 5.75 Å². The minimum atomic E-state index is -0.156. The fourth-order valence-electron chi connectivity index (χ4n) is 3.80. The van der Waals surface area contributed by atoms with Crippen molar-refractivity contribution in [3.63, 3.8) is 0 Å². The van der Waals surface area contributed by atoms with Crippen LogP contribution in [-0.2, 0) is 17.8 Å². The van der Waals surface area contributed by atoms with E-state index in [2.05, 4.69) is 4.98 Å². The van der Waals surface area contributed by atoms with Crippen LogP contribution in [0.1, 0.15) is 35.2 Å². The average Bonchev–Trinajstić information content (AvgIpc) is 3.64. The van der Waals surface area contributed by atoms with E-state index in [1.807, 2.05) is 29.2 Å². The lowest BCUT2D eigenvalue weighted by molar-refractivity contribution is 0.0730. The van der Waals surface area contributed by atoms with Crippen molar-refractivity contribution in [2.45, 2.75) is 38.4 Å². The Morgan fingerprint density at radius 1 is 1.19 bits per heavy atom. The van der Waals surface area contributed by atoms with E-state index in [-0.39, 0.29) is 17.5 Å². The Labute approximate surface area is 191 Å². The largest absolute Gasteiger partial charge is 0.497 e. The smallest absolute Gasteiger partial charge is 0.262 e. The fourth-order valence-corrected chi connectivity index (χ4v) is 4.09. The van der Waals surface area contributed by atoms with Crippen molar-refractivity contribution in [3.05, 3.63) is 68.7 Å². The van der Waals surface area contributed by atoms with E-state index in [0.717, 1.165) is 24.2 Å². The molecule has 1 heterocycles. The Morgan fingerprint density at radius 2 is 1.94 bits per heavy atom. The van der Waals surface area contributed by atoms with Crippen molar-refractivity contribution in [2.24, 2.45) is 0 Å². The second-order valence-corrected chi connectivity index (χ2v) is 8.39.